The van der Waals surface area contributed by atoms with Gasteiger partial charge in [-0.05, 0) is 43.2 Å². The summed E-state index contributed by atoms with van der Waals surface area (Å²) >= 11 is 0. The van der Waals surface area contributed by atoms with E-state index in [2.05, 4.69) is 19.2 Å². The van der Waals surface area contributed by atoms with Crippen LogP contribution in [0.4, 0.5) is 10.5 Å². The molecule has 1 amide bonds. The number of benzene rings is 1. The Morgan fingerprint density at radius 1 is 1.27 bits per heavy atom. The Morgan fingerprint density at radius 2 is 1.91 bits per heavy atom. The van der Waals surface area contributed by atoms with Crippen LogP contribution < -0.4 is 5.32 Å². The first-order valence-electron chi connectivity index (χ1n) is 7.31. The number of carboxylic acid groups (broad SMARTS) is 1. The molecule has 3 N–H and O–H groups in total. The Balaban J connectivity index is 1.99. The number of ether oxygens (including phenoxy) is 1. The Morgan fingerprint density at radius 3 is 2.50 bits per heavy atom. The van der Waals surface area contributed by atoms with E-state index in [1.54, 1.807) is 0 Å². The Labute approximate surface area is 129 Å². The maximum absolute atomic E-state index is 11.9. The summed E-state index contributed by atoms with van der Waals surface area (Å²) in [5.41, 5.74) is -0.0456. The normalized spacial score (nSPS) is 17.7. The molecule has 0 radical (unpaired) electrons. The minimum atomic E-state index is -1.31. The van der Waals surface area contributed by atoms with Gasteiger partial charge in [-0.25, -0.2) is 9.59 Å². The molecule has 0 bridgehead atoms. The lowest BCUT2D eigenvalue weighted by Gasteiger charge is -2.33. The summed E-state index contributed by atoms with van der Waals surface area (Å²) in [4.78, 5) is 23.1. The summed E-state index contributed by atoms with van der Waals surface area (Å²) in [7, 11) is 0. The minimum absolute atomic E-state index is 0.0219. The van der Waals surface area contributed by atoms with Crippen molar-refractivity contribution in [2.75, 3.05) is 5.32 Å². The molecule has 2 rings (SSSR count). The van der Waals surface area contributed by atoms with Gasteiger partial charge in [-0.2, -0.15) is 0 Å². The minimum Gasteiger partial charge on any atom is -0.507 e. The molecule has 0 heterocycles. The van der Waals surface area contributed by atoms with Crippen LogP contribution in [0.2, 0.25) is 0 Å². The number of carbonyl (C=O) groups is 2. The Hall–Kier alpha value is -2.24. The average molecular weight is 307 g/mol. The third kappa shape index (κ3) is 3.90. The Kier molecular flexibility index (Phi) is 4.59. The molecular formula is C16H21NO5. The maximum Gasteiger partial charge on any atom is 0.411 e. The summed E-state index contributed by atoms with van der Waals surface area (Å²) in [6.45, 7) is 4.38. The molecule has 1 aliphatic carbocycles. The fourth-order valence-electron chi connectivity index (χ4n) is 2.65. The first kappa shape index (κ1) is 16.1. The van der Waals surface area contributed by atoms with Crippen LogP contribution in [0.15, 0.2) is 18.2 Å². The van der Waals surface area contributed by atoms with E-state index in [1.165, 1.54) is 18.2 Å². The van der Waals surface area contributed by atoms with Gasteiger partial charge in [-0.3, -0.25) is 5.32 Å². The van der Waals surface area contributed by atoms with Crippen molar-refractivity contribution in [1.29, 1.82) is 0 Å². The zero-order valence-electron chi connectivity index (χ0n) is 12.8. The van der Waals surface area contributed by atoms with Crippen molar-refractivity contribution >= 4 is 17.7 Å². The zero-order valence-corrected chi connectivity index (χ0v) is 12.8. The van der Waals surface area contributed by atoms with Crippen molar-refractivity contribution in [3.8, 4) is 5.75 Å². The molecule has 0 saturated heterocycles. The van der Waals surface area contributed by atoms with E-state index >= 15 is 0 Å². The van der Waals surface area contributed by atoms with Gasteiger partial charge in [0.1, 0.15) is 17.4 Å². The molecule has 6 heteroatoms. The van der Waals surface area contributed by atoms with Gasteiger partial charge < -0.3 is 14.9 Å². The van der Waals surface area contributed by atoms with E-state index in [4.69, 9.17) is 9.84 Å². The molecule has 6 nitrogen and oxygen atoms in total. The van der Waals surface area contributed by atoms with Crippen molar-refractivity contribution in [2.24, 2.45) is 5.41 Å². The van der Waals surface area contributed by atoms with Gasteiger partial charge in [0.05, 0.1) is 5.69 Å². The van der Waals surface area contributed by atoms with Gasteiger partial charge in [-0.15, -0.1) is 0 Å². The van der Waals surface area contributed by atoms with Crippen LogP contribution in [-0.2, 0) is 4.74 Å². The SMILES string of the molecule is CC1(C)CCC(OC(=O)Nc2cccc(O)c2C(=O)O)CC1. The van der Waals surface area contributed by atoms with Crippen LogP contribution >= 0.6 is 0 Å². The standard InChI is InChI=1S/C16H21NO5/c1-16(2)8-6-10(7-9-16)22-15(21)17-11-4-3-5-12(18)13(11)14(19)20/h3-5,10,18H,6-9H2,1-2H3,(H,17,21)(H,19,20). The van der Waals surface area contributed by atoms with Gasteiger partial charge in [0, 0.05) is 0 Å². The lowest BCUT2D eigenvalue weighted by atomic mass is 9.76. The third-order valence-corrected chi connectivity index (χ3v) is 4.05. The summed E-state index contributed by atoms with van der Waals surface area (Å²) in [6, 6.07) is 4.12. The highest BCUT2D eigenvalue weighted by Crippen LogP contribution is 2.36. The third-order valence-electron chi connectivity index (χ3n) is 4.05. The molecular weight excluding hydrogens is 286 g/mol. The number of carboxylic acids is 1. The van der Waals surface area contributed by atoms with Gasteiger partial charge in [0.15, 0.2) is 0 Å². The molecule has 1 aromatic rings. The van der Waals surface area contributed by atoms with Crippen LogP contribution in [-0.4, -0.2) is 28.4 Å². The summed E-state index contributed by atoms with van der Waals surface area (Å²) in [5, 5.41) is 21.1. The fraction of sp³-hybridized carbons (Fsp3) is 0.500. The van der Waals surface area contributed by atoms with Crippen molar-refractivity contribution in [3.63, 3.8) is 0 Å². The number of carbonyl (C=O) groups excluding carboxylic acids is 1. The van der Waals surface area contributed by atoms with Crippen LogP contribution in [0.25, 0.3) is 0 Å². The summed E-state index contributed by atoms with van der Waals surface area (Å²) in [5.74, 6) is -1.71. The molecule has 120 valence electrons. The highest BCUT2D eigenvalue weighted by molar-refractivity contribution is 6.01. The number of hydrogen-bond donors (Lipinski definition) is 3. The van der Waals surface area contributed by atoms with Gasteiger partial charge in [0.25, 0.3) is 0 Å². The topological polar surface area (TPSA) is 95.9 Å². The lowest BCUT2D eigenvalue weighted by Crippen LogP contribution is -2.30. The second-order valence-corrected chi connectivity index (χ2v) is 6.40. The van der Waals surface area contributed by atoms with E-state index in [-0.39, 0.29) is 22.8 Å². The van der Waals surface area contributed by atoms with Gasteiger partial charge in [-0.1, -0.05) is 19.9 Å². The quantitative estimate of drug-likeness (QED) is 0.792. The second-order valence-electron chi connectivity index (χ2n) is 6.40. The number of hydrogen-bond acceptors (Lipinski definition) is 4. The van der Waals surface area contributed by atoms with Crippen molar-refractivity contribution < 1.29 is 24.5 Å². The first-order valence-corrected chi connectivity index (χ1v) is 7.31. The van der Waals surface area contributed by atoms with Crippen molar-refractivity contribution in [2.45, 2.75) is 45.6 Å². The maximum atomic E-state index is 11.9. The van der Waals surface area contributed by atoms with Gasteiger partial charge in [0.2, 0.25) is 0 Å². The van der Waals surface area contributed by atoms with E-state index in [9.17, 15) is 14.7 Å². The lowest BCUT2D eigenvalue weighted by molar-refractivity contribution is 0.0563. The number of amides is 1. The first-order chi connectivity index (χ1) is 10.3. The largest absolute Gasteiger partial charge is 0.507 e. The van der Waals surface area contributed by atoms with E-state index in [1.807, 2.05) is 0 Å². The molecule has 0 spiro atoms. The number of aromatic carboxylic acids is 1. The van der Waals surface area contributed by atoms with Crippen molar-refractivity contribution in [1.82, 2.24) is 0 Å². The zero-order chi connectivity index (χ0) is 16.3. The molecule has 0 aromatic heterocycles. The molecule has 22 heavy (non-hydrogen) atoms. The monoisotopic (exact) mass is 307 g/mol. The van der Waals surface area contributed by atoms with Crippen LogP contribution in [0.1, 0.15) is 49.9 Å². The fourth-order valence-corrected chi connectivity index (χ4v) is 2.65. The summed E-state index contributed by atoms with van der Waals surface area (Å²) in [6.07, 6.45) is 2.71. The predicted molar refractivity (Wildman–Crippen MR) is 81.2 cm³/mol. The molecule has 0 unspecified atom stereocenters. The van der Waals surface area contributed by atoms with Crippen LogP contribution in [0, 0.1) is 5.41 Å². The molecule has 0 atom stereocenters. The molecule has 1 aromatic carbocycles. The second kappa shape index (κ2) is 6.25. The van der Waals surface area contributed by atoms with E-state index in [0.29, 0.717) is 0 Å². The molecule has 1 aliphatic rings. The predicted octanol–water partition coefficient (Wildman–Crippen LogP) is 3.61. The number of rotatable bonds is 3. The van der Waals surface area contributed by atoms with E-state index in [0.717, 1.165) is 25.7 Å². The Bertz CT molecular complexity index is 572. The number of nitrogens with one attached hydrogen (secondary N) is 1. The molecule has 0 aliphatic heterocycles. The van der Waals surface area contributed by atoms with Crippen LogP contribution in [0.5, 0.6) is 5.75 Å². The van der Waals surface area contributed by atoms with Gasteiger partial charge >= 0.3 is 12.1 Å². The highest BCUT2D eigenvalue weighted by atomic mass is 16.6. The number of phenols is 1. The highest BCUT2D eigenvalue weighted by Gasteiger charge is 2.29. The molecule has 1 fully saturated rings. The van der Waals surface area contributed by atoms with E-state index < -0.39 is 17.8 Å². The smallest absolute Gasteiger partial charge is 0.411 e. The van der Waals surface area contributed by atoms with Crippen molar-refractivity contribution in [3.05, 3.63) is 23.8 Å². The molecule has 1 saturated carbocycles. The van der Waals surface area contributed by atoms with Crippen LogP contribution in [0.3, 0.4) is 0 Å². The number of anilines is 1. The summed E-state index contributed by atoms with van der Waals surface area (Å²) < 4.78 is 5.34. The average Bonchev–Trinajstić information content (AvgIpc) is 2.41. The number of aromatic hydroxyl groups is 1.